The van der Waals surface area contributed by atoms with Gasteiger partial charge in [-0.2, -0.15) is 0 Å². The Morgan fingerprint density at radius 1 is 1.07 bits per heavy atom. The lowest BCUT2D eigenvalue weighted by Crippen LogP contribution is -2.46. The van der Waals surface area contributed by atoms with Crippen LogP contribution in [-0.4, -0.2) is 85.1 Å². The SMILES string of the molecule is CCOC(=O)C1(CC2CC2)CNC(=O)CCCN(C(=O)c2cnc3ccccc3n2)CCNC(=O)COc2cc(ccc2OC)C1. The fourth-order valence-corrected chi connectivity index (χ4v) is 5.78. The smallest absolute Gasteiger partial charge is 0.314 e. The second-order valence-electron chi connectivity index (χ2n) is 11.9. The summed E-state index contributed by atoms with van der Waals surface area (Å²) >= 11 is 0. The zero-order valence-electron chi connectivity index (χ0n) is 26.4. The van der Waals surface area contributed by atoms with Gasteiger partial charge in [0.1, 0.15) is 5.69 Å². The van der Waals surface area contributed by atoms with Gasteiger partial charge in [0.2, 0.25) is 5.91 Å². The molecule has 244 valence electrons. The van der Waals surface area contributed by atoms with Gasteiger partial charge in [0.15, 0.2) is 18.1 Å². The first-order valence-electron chi connectivity index (χ1n) is 15.8. The van der Waals surface area contributed by atoms with Crippen molar-refractivity contribution in [3.05, 3.63) is 59.9 Å². The predicted molar refractivity (Wildman–Crippen MR) is 169 cm³/mol. The van der Waals surface area contributed by atoms with Crippen LogP contribution in [0.5, 0.6) is 11.5 Å². The zero-order valence-corrected chi connectivity index (χ0v) is 26.4. The molecule has 46 heavy (non-hydrogen) atoms. The molecule has 1 aromatic heterocycles. The van der Waals surface area contributed by atoms with E-state index in [9.17, 15) is 19.2 Å². The number of para-hydroxylation sites is 2. The number of benzene rings is 2. The summed E-state index contributed by atoms with van der Waals surface area (Å²) in [7, 11) is 1.51. The molecule has 0 saturated heterocycles. The molecule has 2 bridgehead atoms. The lowest BCUT2D eigenvalue weighted by Gasteiger charge is -2.32. The van der Waals surface area contributed by atoms with Crippen LogP contribution in [0.2, 0.25) is 0 Å². The van der Waals surface area contributed by atoms with Crippen molar-refractivity contribution in [3.8, 4) is 11.5 Å². The van der Waals surface area contributed by atoms with Crippen molar-refractivity contribution in [1.82, 2.24) is 25.5 Å². The molecule has 1 atom stereocenters. The van der Waals surface area contributed by atoms with Gasteiger partial charge >= 0.3 is 5.97 Å². The molecule has 0 spiro atoms. The van der Waals surface area contributed by atoms with Crippen LogP contribution in [0, 0.1) is 11.3 Å². The number of amides is 3. The van der Waals surface area contributed by atoms with Crippen molar-refractivity contribution in [1.29, 1.82) is 0 Å². The maximum Gasteiger partial charge on any atom is 0.314 e. The molecule has 2 aliphatic rings. The van der Waals surface area contributed by atoms with E-state index in [1.165, 1.54) is 13.3 Å². The molecule has 2 heterocycles. The van der Waals surface area contributed by atoms with Gasteiger partial charge < -0.3 is 29.7 Å². The Kier molecular flexibility index (Phi) is 10.7. The highest BCUT2D eigenvalue weighted by Crippen LogP contribution is 2.43. The number of carbonyl (C=O) groups is 4. The third-order valence-corrected chi connectivity index (χ3v) is 8.33. The number of fused-ring (bicyclic) bond motifs is 3. The van der Waals surface area contributed by atoms with Crippen molar-refractivity contribution < 1.29 is 33.4 Å². The van der Waals surface area contributed by atoms with Crippen LogP contribution in [-0.2, 0) is 25.5 Å². The van der Waals surface area contributed by atoms with E-state index in [1.54, 1.807) is 30.0 Å². The third kappa shape index (κ3) is 8.29. The number of hydrogen-bond donors (Lipinski definition) is 2. The van der Waals surface area contributed by atoms with Gasteiger partial charge in [-0.15, -0.1) is 0 Å². The summed E-state index contributed by atoms with van der Waals surface area (Å²) in [6, 6.07) is 12.6. The molecule has 1 unspecified atom stereocenters. The number of hydrogen-bond acceptors (Lipinski definition) is 9. The third-order valence-electron chi connectivity index (χ3n) is 8.33. The minimum absolute atomic E-state index is 0.112. The second kappa shape index (κ2) is 15.0. The molecular formula is C34H41N5O7. The Morgan fingerprint density at radius 2 is 1.87 bits per heavy atom. The zero-order chi connectivity index (χ0) is 32.5. The molecule has 3 aromatic rings. The Hall–Kier alpha value is -4.74. The van der Waals surface area contributed by atoms with E-state index in [0.717, 1.165) is 18.4 Å². The van der Waals surface area contributed by atoms with Gasteiger partial charge in [0.25, 0.3) is 11.8 Å². The number of esters is 1. The molecule has 1 saturated carbocycles. The van der Waals surface area contributed by atoms with E-state index in [0.29, 0.717) is 47.7 Å². The van der Waals surface area contributed by atoms with E-state index in [1.807, 2.05) is 24.3 Å². The van der Waals surface area contributed by atoms with Gasteiger partial charge in [-0.3, -0.25) is 24.2 Å². The number of methoxy groups -OCH3 is 1. The quantitative estimate of drug-likeness (QED) is 0.392. The number of aromatic nitrogens is 2. The van der Waals surface area contributed by atoms with Crippen LogP contribution in [0.3, 0.4) is 0 Å². The fraction of sp³-hybridized carbons (Fsp3) is 0.471. The lowest BCUT2D eigenvalue weighted by molar-refractivity contribution is -0.156. The van der Waals surface area contributed by atoms with Crippen LogP contribution < -0.4 is 20.1 Å². The molecule has 1 aliphatic carbocycles. The van der Waals surface area contributed by atoms with Crippen LogP contribution >= 0.6 is 0 Å². The summed E-state index contributed by atoms with van der Waals surface area (Å²) in [5.41, 5.74) is 1.25. The first kappa shape index (κ1) is 32.6. The minimum Gasteiger partial charge on any atom is -0.493 e. The summed E-state index contributed by atoms with van der Waals surface area (Å²) in [5, 5.41) is 5.81. The van der Waals surface area contributed by atoms with Gasteiger partial charge in [-0.05, 0) is 61.9 Å². The lowest BCUT2D eigenvalue weighted by atomic mass is 9.76. The Labute approximate surface area is 268 Å². The summed E-state index contributed by atoms with van der Waals surface area (Å²) in [6.07, 6.45) is 4.87. The van der Waals surface area contributed by atoms with Crippen molar-refractivity contribution in [2.75, 3.05) is 46.5 Å². The van der Waals surface area contributed by atoms with Crippen molar-refractivity contribution in [3.63, 3.8) is 0 Å². The van der Waals surface area contributed by atoms with E-state index in [4.69, 9.17) is 14.2 Å². The van der Waals surface area contributed by atoms with Crippen molar-refractivity contribution >= 4 is 34.7 Å². The van der Waals surface area contributed by atoms with Crippen LogP contribution in [0.1, 0.15) is 55.1 Å². The molecule has 2 N–H and O–H groups in total. The molecule has 12 heteroatoms. The van der Waals surface area contributed by atoms with Gasteiger partial charge in [0, 0.05) is 32.6 Å². The topological polar surface area (TPSA) is 149 Å². The average molecular weight is 632 g/mol. The van der Waals surface area contributed by atoms with Gasteiger partial charge in [0.05, 0.1) is 36.4 Å². The standard InChI is InChI=1S/C34H41N5O7/c1-3-45-33(43)34(18-23-10-11-23)19-24-12-13-28(44-2)29(17-24)46-21-31(41)35-14-16-39(15-6-9-30(40)37-22-34)32(42)27-20-36-25-7-4-5-8-26(25)38-27/h4-5,7-8,12-13,17,20,23H,3,6,9-11,14-16,18-19,21-22H2,1-2H3,(H,35,41)(H,37,40). The molecule has 2 aromatic carbocycles. The second-order valence-corrected chi connectivity index (χ2v) is 11.9. The molecule has 0 radical (unpaired) electrons. The van der Waals surface area contributed by atoms with Crippen LogP contribution in [0.4, 0.5) is 0 Å². The number of nitrogens with one attached hydrogen (secondary N) is 2. The van der Waals surface area contributed by atoms with Crippen molar-refractivity contribution in [2.24, 2.45) is 11.3 Å². The highest BCUT2D eigenvalue weighted by molar-refractivity contribution is 5.94. The maximum absolute atomic E-state index is 13.6. The Balaban J connectivity index is 1.39. The monoisotopic (exact) mass is 631 g/mol. The van der Waals surface area contributed by atoms with Crippen LogP contribution in [0.25, 0.3) is 11.0 Å². The highest BCUT2D eigenvalue weighted by atomic mass is 16.5. The molecule has 1 aliphatic heterocycles. The fourth-order valence-electron chi connectivity index (χ4n) is 5.78. The Bertz CT molecular complexity index is 1580. The number of rotatable bonds is 6. The largest absolute Gasteiger partial charge is 0.493 e. The van der Waals surface area contributed by atoms with Gasteiger partial charge in [-0.1, -0.05) is 31.0 Å². The molecular weight excluding hydrogens is 590 g/mol. The first-order valence-corrected chi connectivity index (χ1v) is 15.8. The molecule has 1 fully saturated rings. The summed E-state index contributed by atoms with van der Waals surface area (Å²) in [5.74, 6) is -0.147. The van der Waals surface area contributed by atoms with Crippen molar-refractivity contribution in [2.45, 2.75) is 45.4 Å². The minimum atomic E-state index is -0.988. The summed E-state index contributed by atoms with van der Waals surface area (Å²) < 4.78 is 16.9. The summed E-state index contributed by atoms with van der Waals surface area (Å²) in [4.78, 5) is 63.5. The van der Waals surface area contributed by atoms with Crippen LogP contribution in [0.15, 0.2) is 48.7 Å². The molecule has 12 nitrogen and oxygen atoms in total. The maximum atomic E-state index is 13.6. The first-order chi connectivity index (χ1) is 22.3. The highest BCUT2D eigenvalue weighted by Gasteiger charge is 2.44. The Morgan fingerprint density at radius 3 is 2.63 bits per heavy atom. The molecule has 3 amide bonds. The van der Waals surface area contributed by atoms with Gasteiger partial charge in [-0.25, -0.2) is 4.98 Å². The number of nitrogens with zero attached hydrogens (tertiary/aromatic N) is 3. The number of ether oxygens (including phenoxy) is 3. The average Bonchev–Trinajstić information content (AvgIpc) is 3.88. The van der Waals surface area contributed by atoms with E-state index < -0.39 is 5.41 Å². The predicted octanol–water partition coefficient (Wildman–Crippen LogP) is 3.08. The van der Waals surface area contributed by atoms with E-state index >= 15 is 0 Å². The molecule has 5 rings (SSSR count). The normalized spacial score (nSPS) is 20.0. The van der Waals surface area contributed by atoms with E-state index in [-0.39, 0.29) is 75.2 Å². The number of carbonyl (C=O) groups excluding carboxylic acids is 4. The summed E-state index contributed by atoms with van der Waals surface area (Å²) in [6.45, 7) is 2.43. The van der Waals surface area contributed by atoms with E-state index in [2.05, 4.69) is 20.6 Å².